The predicted octanol–water partition coefficient (Wildman–Crippen LogP) is 3.18. The fraction of sp³-hybridized carbons (Fsp3) is 0.333. The van der Waals surface area contributed by atoms with E-state index in [2.05, 4.69) is 0 Å². The number of carboxylic acid groups (broad SMARTS) is 1. The molecule has 0 bridgehead atoms. The van der Waals surface area contributed by atoms with Crippen molar-refractivity contribution >= 4 is 39.8 Å². The highest BCUT2D eigenvalue weighted by molar-refractivity contribution is 6.38. The smallest absolute Gasteiger partial charge is 0.341 e. The second-order valence-corrected chi connectivity index (χ2v) is 9.65. The number of pyridine rings is 1. The van der Waals surface area contributed by atoms with Gasteiger partial charge in [0, 0.05) is 30.4 Å². The minimum atomic E-state index is -1.54. The summed E-state index contributed by atoms with van der Waals surface area (Å²) in [7, 11) is 0. The Morgan fingerprint density at radius 3 is 2.46 bits per heavy atom. The lowest BCUT2D eigenvalue weighted by molar-refractivity contribution is 0.0695. The zero-order valence-corrected chi connectivity index (χ0v) is 20.1. The van der Waals surface area contributed by atoms with E-state index in [0.717, 1.165) is 12.3 Å². The normalized spacial score (nSPS) is 15.1. The molecule has 35 heavy (non-hydrogen) atoms. The number of rotatable bonds is 5. The number of benzene rings is 2. The van der Waals surface area contributed by atoms with Gasteiger partial charge in [-0.1, -0.05) is 25.4 Å². The number of nitrogens with two attached hydrogens (primary N) is 2. The van der Waals surface area contributed by atoms with Crippen LogP contribution in [0.5, 0.6) is 0 Å². The van der Waals surface area contributed by atoms with Crippen LogP contribution in [0.15, 0.2) is 23.1 Å². The maximum Gasteiger partial charge on any atom is 0.341 e. The second kappa shape index (κ2) is 8.47. The molecule has 6 N–H and O–H groups in total. The molecule has 1 aromatic heterocycles. The molecule has 0 atom stereocenters. The number of aromatic nitrogens is 1. The predicted molar refractivity (Wildman–Crippen MR) is 130 cm³/mol. The molecule has 1 saturated heterocycles. The summed E-state index contributed by atoms with van der Waals surface area (Å²) in [6, 6.07) is 2.19. The van der Waals surface area contributed by atoms with E-state index in [-0.39, 0.29) is 50.0 Å². The number of aromatic carboxylic acids is 1. The minimum absolute atomic E-state index is 0.00958. The van der Waals surface area contributed by atoms with Crippen molar-refractivity contribution in [1.82, 2.24) is 4.57 Å². The molecule has 1 fully saturated rings. The first-order valence-electron chi connectivity index (χ1n) is 10.9. The largest absolute Gasteiger partial charge is 0.477 e. The number of aryl methyl sites for hydroxylation is 1. The van der Waals surface area contributed by atoms with Crippen molar-refractivity contribution in [3.05, 3.63) is 61.9 Å². The molecule has 2 heterocycles. The number of halogens is 3. The van der Waals surface area contributed by atoms with Crippen molar-refractivity contribution in [2.45, 2.75) is 32.9 Å². The van der Waals surface area contributed by atoms with Crippen LogP contribution in [-0.2, 0) is 6.61 Å². The summed E-state index contributed by atoms with van der Waals surface area (Å²) in [6.45, 7) is 5.29. The fourth-order valence-corrected chi connectivity index (χ4v) is 4.84. The third-order valence-electron chi connectivity index (χ3n) is 6.83. The molecular formula is C24H25ClF2N4O4. The Kier molecular flexibility index (Phi) is 6.03. The molecule has 1 aliphatic rings. The number of fused-ring (bicyclic) bond motifs is 1. The second-order valence-electron chi connectivity index (χ2n) is 9.28. The van der Waals surface area contributed by atoms with Crippen LogP contribution in [0.3, 0.4) is 0 Å². The van der Waals surface area contributed by atoms with Crippen LogP contribution in [0, 0.1) is 24.5 Å². The molecule has 0 aliphatic carbocycles. The van der Waals surface area contributed by atoms with Crippen LogP contribution in [0.4, 0.5) is 20.2 Å². The first-order valence-corrected chi connectivity index (χ1v) is 11.2. The van der Waals surface area contributed by atoms with Crippen LogP contribution in [0.25, 0.3) is 16.6 Å². The van der Waals surface area contributed by atoms with Crippen LogP contribution in [0.2, 0.25) is 5.02 Å². The van der Waals surface area contributed by atoms with Crippen molar-refractivity contribution in [3.8, 4) is 5.69 Å². The van der Waals surface area contributed by atoms with Gasteiger partial charge in [-0.25, -0.2) is 13.6 Å². The number of aliphatic hydroxyl groups is 1. The van der Waals surface area contributed by atoms with E-state index in [4.69, 9.17) is 23.1 Å². The minimum Gasteiger partial charge on any atom is -0.477 e. The van der Waals surface area contributed by atoms with E-state index in [9.17, 15) is 24.2 Å². The van der Waals surface area contributed by atoms with Gasteiger partial charge in [-0.2, -0.15) is 0 Å². The number of aliphatic hydroxyl groups excluding tert-OH is 1. The van der Waals surface area contributed by atoms with Gasteiger partial charge in [0.25, 0.3) is 0 Å². The quantitative estimate of drug-likeness (QED) is 0.390. The van der Waals surface area contributed by atoms with Gasteiger partial charge in [0.2, 0.25) is 5.43 Å². The molecule has 186 valence electrons. The summed E-state index contributed by atoms with van der Waals surface area (Å²) >= 11 is 6.73. The standard InChI is InChI=1S/C24H25ClF2N4O4/c1-10(2)24(29)8-30(9-24)21-18(25)20-17(11(3)19(21)27)22(33)13(23(34)35)6-31(20)16-5-15(28)14(26)4-12(16)7-32/h4-6,10,32H,7-9,28-29H2,1-3H3,(H,34,35). The number of carbonyl (C=O) groups is 1. The van der Waals surface area contributed by atoms with Gasteiger partial charge >= 0.3 is 5.97 Å². The number of anilines is 2. The molecule has 11 heteroatoms. The summed E-state index contributed by atoms with van der Waals surface area (Å²) in [4.78, 5) is 26.7. The lowest BCUT2D eigenvalue weighted by atomic mass is 9.80. The molecule has 0 amide bonds. The number of nitrogen functional groups attached to an aromatic ring is 1. The molecule has 8 nitrogen and oxygen atoms in total. The average Bonchev–Trinajstić information content (AvgIpc) is 2.77. The monoisotopic (exact) mass is 506 g/mol. The summed E-state index contributed by atoms with van der Waals surface area (Å²) in [5.74, 6) is -2.98. The van der Waals surface area contributed by atoms with Crippen LogP contribution < -0.4 is 21.8 Å². The number of hydrogen-bond donors (Lipinski definition) is 4. The van der Waals surface area contributed by atoms with E-state index in [1.165, 1.54) is 17.6 Å². The Morgan fingerprint density at radius 1 is 1.29 bits per heavy atom. The fourth-order valence-electron chi connectivity index (χ4n) is 4.45. The number of hydrogen-bond acceptors (Lipinski definition) is 6. The maximum absolute atomic E-state index is 15.7. The molecule has 4 rings (SSSR count). The molecular weight excluding hydrogens is 482 g/mol. The average molecular weight is 507 g/mol. The van der Waals surface area contributed by atoms with E-state index in [1.807, 2.05) is 13.8 Å². The van der Waals surface area contributed by atoms with Crippen molar-refractivity contribution < 1.29 is 23.8 Å². The van der Waals surface area contributed by atoms with Crippen molar-refractivity contribution in [3.63, 3.8) is 0 Å². The zero-order chi connectivity index (χ0) is 26.0. The van der Waals surface area contributed by atoms with Gasteiger partial charge < -0.3 is 31.1 Å². The summed E-state index contributed by atoms with van der Waals surface area (Å²) < 4.78 is 31.0. The molecule has 0 unspecified atom stereocenters. The highest BCUT2D eigenvalue weighted by atomic mass is 35.5. The Bertz CT molecular complexity index is 1450. The topological polar surface area (TPSA) is 135 Å². The van der Waals surface area contributed by atoms with E-state index in [0.29, 0.717) is 13.1 Å². The Morgan fingerprint density at radius 2 is 1.91 bits per heavy atom. The van der Waals surface area contributed by atoms with Crippen molar-refractivity contribution in [2.24, 2.45) is 11.7 Å². The zero-order valence-electron chi connectivity index (χ0n) is 19.3. The lowest BCUT2D eigenvalue weighted by Crippen LogP contribution is -2.70. The first kappa shape index (κ1) is 24.9. The summed E-state index contributed by atoms with van der Waals surface area (Å²) in [5, 5.41) is 19.1. The first-order chi connectivity index (χ1) is 16.3. The highest BCUT2D eigenvalue weighted by Gasteiger charge is 2.44. The third kappa shape index (κ3) is 3.72. The maximum atomic E-state index is 15.7. The van der Waals surface area contributed by atoms with Gasteiger partial charge in [0.05, 0.1) is 45.1 Å². The molecule has 1 aliphatic heterocycles. The lowest BCUT2D eigenvalue weighted by Gasteiger charge is -2.52. The van der Waals surface area contributed by atoms with Gasteiger partial charge in [-0.15, -0.1) is 0 Å². The summed E-state index contributed by atoms with van der Waals surface area (Å²) in [6.07, 6.45) is 1.02. The number of carboxylic acids is 1. The summed E-state index contributed by atoms with van der Waals surface area (Å²) in [5.41, 5.74) is 9.82. The third-order valence-corrected chi connectivity index (χ3v) is 7.19. The van der Waals surface area contributed by atoms with Gasteiger partial charge in [0.15, 0.2) is 5.82 Å². The molecule has 2 aromatic carbocycles. The van der Waals surface area contributed by atoms with Crippen molar-refractivity contribution in [1.29, 1.82) is 0 Å². The molecule has 0 saturated carbocycles. The SMILES string of the molecule is Cc1c(F)c(N2CC(N)(C(C)C)C2)c(Cl)c2c1c(=O)c(C(=O)O)cn2-c1cc(N)c(F)cc1CO. The number of nitrogens with zero attached hydrogens (tertiary/aromatic N) is 2. The highest BCUT2D eigenvalue weighted by Crippen LogP contribution is 2.43. The van der Waals surface area contributed by atoms with E-state index in [1.54, 1.807) is 4.90 Å². The van der Waals surface area contributed by atoms with Crippen LogP contribution >= 0.6 is 11.6 Å². The Labute approximate surface area is 204 Å². The molecule has 0 spiro atoms. The van der Waals surface area contributed by atoms with Gasteiger partial charge in [-0.05, 0) is 25.0 Å². The van der Waals surface area contributed by atoms with Crippen molar-refractivity contribution in [2.75, 3.05) is 23.7 Å². The van der Waals surface area contributed by atoms with Gasteiger partial charge in [-0.3, -0.25) is 4.79 Å². The van der Waals surface area contributed by atoms with Crippen LogP contribution in [-0.4, -0.2) is 39.4 Å². The van der Waals surface area contributed by atoms with Crippen LogP contribution in [0.1, 0.15) is 35.3 Å². The van der Waals surface area contributed by atoms with E-state index >= 15 is 4.39 Å². The van der Waals surface area contributed by atoms with Gasteiger partial charge in [0.1, 0.15) is 11.4 Å². The van der Waals surface area contributed by atoms with E-state index < -0.39 is 40.7 Å². The Hall–Kier alpha value is -3.21. The Balaban J connectivity index is 2.12. The molecule has 3 aromatic rings. The molecule has 0 radical (unpaired) electrons.